The summed E-state index contributed by atoms with van der Waals surface area (Å²) in [4.78, 5) is 12.9. The van der Waals surface area contributed by atoms with Gasteiger partial charge >= 0.3 is 0 Å². The Kier molecular flexibility index (Phi) is 7.57. The third kappa shape index (κ3) is 5.37. The van der Waals surface area contributed by atoms with Crippen molar-refractivity contribution in [3.05, 3.63) is 184 Å². The van der Waals surface area contributed by atoms with Crippen molar-refractivity contribution in [1.29, 1.82) is 0 Å². The predicted octanol–water partition coefficient (Wildman–Crippen LogP) is 13.8. The topological polar surface area (TPSA) is 42.6 Å². The molecule has 0 spiro atoms. The Labute approximate surface area is 346 Å². The second kappa shape index (κ2) is 12.5. The van der Waals surface area contributed by atoms with Crippen molar-refractivity contribution in [3.63, 3.8) is 0 Å². The fourth-order valence-electron chi connectivity index (χ4n) is 10.0. The van der Waals surface area contributed by atoms with Gasteiger partial charge in [0.1, 0.15) is 11.9 Å². The van der Waals surface area contributed by atoms with Gasteiger partial charge in [-0.15, -0.1) is 0 Å². The molecule has 0 radical (unpaired) electrons. The molecule has 0 bridgehead atoms. The first-order valence-electron chi connectivity index (χ1n) is 20.9. The number of pyridine rings is 1. The summed E-state index contributed by atoms with van der Waals surface area (Å²) in [5, 5.41) is 2.44. The Hall–Kier alpha value is -6.46. The van der Waals surface area contributed by atoms with Crippen LogP contribution in [0.15, 0.2) is 139 Å². The smallest absolute Gasteiger partial charge is 0.217 e. The van der Waals surface area contributed by atoms with Crippen LogP contribution < -0.4 is 4.90 Å². The van der Waals surface area contributed by atoms with E-state index in [1.165, 1.54) is 66.5 Å². The maximum atomic E-state index is 6.98. The van der Waals surface area contributed by atoms with E-state index >= 15 is 0 Å². The zero-order chi connectivity index (χ0) is 40.5. The summed E-state index contributed by atoms with van der Waals surface area (Å²) < 4.78 is 9.34. The minimum absolute atomic E-state index is 0.0149. The van der Waals surface area contributed by atoms with E-state index in [2.05, 4.69) is 192 Å². The number of rotatable bonds is 3. The highest BCUT2D eigenvalue weighted by molar-refractivity contribution is 6.11. The van der Waals surface area contributed by atoms with Gasteiger partial charge in [-0.3, -0.25) is 4.57 Å². The van der Waals surface area contributed by atoms with E-state index in [4.69, 9.17) is 14.7 Å². The summed E-state index contributed by atoms with van der Waals surface area (Å²) in [6, 6.07) is 47.1. The van der Waals surface area contributed by atoms with Crippen molar-refractivity contribution in [3.8, 4) is 16.9 Å². The minimum Gasteiger partial charge on any atom is -0.467 e. The molecular formula is C54H48N4O. The standard InChI is InChI=1S/C54H48N4O/c1-31-17-19-38-40(25-31)41-26-32(2)18-20-39(41)51-50(38)56-52(59-51)34-23-33(3)24-36(27-34)57-46-16-12-10-14-43(46)54(7,8)44-29-42-37-13-9-11-15-45(37)58(47(42)30-48(44)57)49-28-35(21-22-55-49)53(4,5)6/h9-30,50-51H,1-8H3/t50-,51+/m1/s1. The molecule has 11 rings (SSSR count). The number of aliphatic imine (C=N–C) groups is 1. The van der Waals surface area contributed by atoms with Crippen LogP contribution in [-0.2, 0) is 15.6 Å². The first-order chi connectivity index (χ1) is 28.3. The first kappa shape index (κ1) is 35.7. The minimum atomic E-state index is -0.261. The number of ether oxygens (including phenoxy) is 1. The van der Waals surface area contributed by atoms with Crippen LogP contribution in [0.25, 0.3) is 38.8 Å². The fourth-order valence-corrected chi connectivity index (χ4v) is 10.0. The number of hydrogen-bond donors (Lipinski definition) is 0. The SMILES string of the molecule is Cc1cc(C2=N[C@@H]3c4ccc(C)cc4-c4cc(C)ccc4[C@@H]3O2)cc(N2c3ccccc3C(C)(C)c3cc4c5ccccc5n(-c5cc(C(C)(C)C)ccn5)c4cc32)c1. The monoisotopic (exact) mass is 768 g/mol. The Bertz CT molecular complexity index is 3100. The molecule has 5 heteroatoms. The maximum absolute atomic E-state index is 6.98. The second-order valence-electron chi connectivity index (χ2n) is 18.5. The number of anilines is 3. The van der Waals surface area contributed by atoms with Crippen LogP contribution >= 0.6 is 0 Å². The fraction of sp³-hybridized carbons (Fsp3) is 0.222. The van der Waals surface area contributed by atoms with Crippen LogP contribution in [0.4, 0.5) is 17.1 Å². The normalized spacial score (nSPS) is 17.5. The average Bonchev–Trinajstić information content (AvgIpc) is 3.80. The number of nitrogens with zero attached hydrogens (tertiary/aromatic N) is 4. The summed E-state index contributed by atoms with van der Waals surface area (Å²) in [6.45, 7) is 18.0. The molecule has 59 heavy (non-hydrogen) atoms. The Morgan fingerprint density at radius 3 is 2.15 bits per heavy atom. The van der Waals surface area contributed by atoms with Crippen molar-refractivity contribution in [2.75, 3.05) is 4.90 Å². The predicted molar refractivity (Wildman–Crippen MR) is 243 cm³/mol. The van der Waals surface area contributed by atoms with Gasteiger partial charge < -0.3 is 9.64 Å². The van der Waals surface area contributed by atoms with Crippen molar-refractivity contribution in [2.45, 2.75) is 78.4 Å². The maximum Gasteiger partial charge on any atom is 0.217 e. The molecule has 0 saturated heterocycles. The van der Waals surface area contributed by atoms with Crippen LogP contribution in [0.5, 0.6) is 0 Å². The van der Waals surface area contributed by atoms with E-state index < -0.39 is 0 Å². The molecule has 2 aliphatic heterocycles. The molecule has 8 aromatic rings. The van der Waals surface area contributed by atoms with Gasteiger partial charge in [0.15, 0.2) is 6.10 Å². The molecule has 1 aliphatic carbocycles. The van der Waals surface area contributed by atoms with Crippen LogP contribution in [0.2, 0.25) is 0 Å². The van der Waals surface area contributed by atoms with Crippen molar-refractivity contribution < 1.29 is 4.74 Å². The van der Waals surface area contributed by atoms with Crippen molar-refractivity contribution >= 4 is 44.8 Å². The number of aromatic nitrogens is 2. The van der Waals surface area contributed by atoms with Crippen molar-refractivity contribution in [2.24, 2.45) is 4.99 Å². The zero-order valence-corrected chi connectivity index (χ0v) is 35.1. The molecule has 2 aromatic heterocycles. The van der Waals surface area contributed by atoms with Gasteiger partial charge in [-0.05, 0) is 120 Å². The highest BCUT2D eigenvalue weighted by Crippen LogP contribution is 2.55. The second-order valence-corrected chi connectivity index (χ2v) is 18.5. The molecule has 3 aliphatic rings. The van der Waals surface area contributed by atoms with Gasteiger partial charge in [0.05, 0.1) is 22.4 Å². The number of para-hydroxylation sites is 2. The number of hydrogen-bond acceptors (Lipinski definition) is 4. The molecule has 0 unspecified atom stereocenters. The number of benzene rings is 6. The molecule has 0 amide bonds. The van der Waals surface area contributed by atoms with Crippen LogP contribution in [0.3, 0.4) is 0 Å². The Morgan fingerprint density at radius 2 is 1.36 bits per heavy atom. The number of fused-ring (bicyclic) bond motifs is 11. The molecule has 5 nitrogen and oxygen atoms in total. The summed E-state index contributed by atoms with van der Waals surface area (Å²) in [6.07, 6.45) is 1.77. The number of aryl methyl sites for hydroxylation is 3. The van der Waals surface area contributed by atoms with Gasteiger partial charge in [-0.1, -0.05) is 119 Å². The molecule has 0 saturated carbocycles. The van der Waals surface area contributed by atoms with Gasteiger partial charge in [-0.2, -0.15) is 0 Å². The molecule has 0 fully saturated rings. The molecular weight excluding hydrogens is 721 g/mol. The van der Waals surface area contributed by atoms with Gasteiger partial charge in [0.25, 0.3) is 0 Å². The van der Waals surface area contributed by atoms with Gasteiger partial charge in [0.2, 0.25) is 5.90 Å². The summed E-state index contributed by atoms with van der Waals surface area (Å²) >= 11 is 0. The van der Waals surface area contributed by atoms with Crippen LogP contribution in [0, 0.1) is 20.8 Å². The highest BCUT2D eigenvalue weighted by atomic mass is 16.5. The van der Waals surface area contributed by atoms with Crippen LogP contribution in [-0.4, -0.2) is 15.4 Å². The third-order valence-electron chi connectivity index (χ3n) is 13.0. The molecule has 0 N–H and O–H groups in total. The summed E-state index contributed by atoms with van der Waals surface area (Å²) in [5.74, 6) is 1.62. The summed E-state index contributed by atoms with van der Waals surface area (Å²) in [5.41, 5.74) is 18.8. The van der Waals surface area contributed by atoms with E-state index in [-0.39, 0.29) is 23.0 Å². The lowest BCUT2D eigenvalue weighted by molar-refractivity contribution is 0.195. The Balaban J connectivity index is 1.11. The van der Waals surface area contributed by atoms with E-state index in [9.17, 15) is 0 Å². The zero-order valence-electron chi connectivity index (χ0n) is 35.1. The lowest BCUT2D eigenvalue weighted by atomic mass is 9.73. The Morgan fingerprint density at radius 1 is 0.627 bits per heavy atom. The van der Waals surface area contributed by atoms with Crippen molar-refractivity contribution in [1.82, 2.24) is 9.55 Å². The lowest BCUT2D eigenvalue weighted by Crippen LogP contribution is -2.30. The van der Waals surface area contributed by atoms with Gasteiger partial charge in [-0.25, -0.2) is 9.98 Å². The third-order valence-corrected chi connectivity index (χ3v) is 13.0. The first-order valence-corrected chi connectivity index (χ1v) is 20.9. The van der Waals surface area contributed by atoms with Gasteiger partial charge in [0, 0.05) is 39.2 Å². The van der Waals surface area contributed by atoms with E-state index in [0.29, 0.717) is 5.90 Å². The average molecular weight is 769 g/mol. The van der Waals surface area contributed by atoms with E-state index in [1.54, 1.807) is 0 Å². The van der Waals surface area contributed by atoms with Crippen LogP contribution in [0.1, 0.15) is 96.8 Å². The van der Waals surface area contributed by atoms with E-state index in [0.717, 1.165) is 39.4 Å². The lowest BCUT2D eigenvalue weighted by Gasteiger charge is -2.42. The molecule has 290 valence electrons. The highest BCUT2D eigenvalue weighted by Gasteiger charge is 2.42. The summed E-state index contributed by atoms with van der Waals surface area (Å²) in [7, 11) is 0. The molecule has 4 heterocycles. The quantitative estimate of drug-likeness (QED) is 0.180. The molecule has 6 aromatic carbocycles. The largest absolute Gasteiger partial charge is 0.467 e. The van der Waals surface area contributed by atoms with E-state index in [1.807, 2.05) is 6.20 Å². The molecule has 2 atom stereocenters.